The van der Waals surface area contributed by atoms with Crippen molar-refractivity contribution in [1.29, 1.82) is 0 Å². The summed E-state index contributed by atoms with van der Waals surface area (Å²) >= 11 is 0. The predicted molar refractivity (Wildman–Crippen MR) is 34.7 cm³/mol. The van der Waals surface area contributed by atoms with Gasteiger partial charge in [0.25, 0.3) is 0 Å². The van der Waals surface area contributed by atoms with Crippen molar-refractivity contribution in [2.75, 3.05) is 20.1 Å². The van der Waals surface area contributed by atoms with Gasteiger partial charge in [0.05, 0.1) is 6.17 Å². The zero-order valence-corrected chi connectivity index (χ0v) is 5.65. The minimum atomic E-state index is 0.648. The monoisotopic (exact) mass is 114 g/mol. The molecule has 1 aliphatic rings. The number of hydrogen-bond donors (Lipinski definition) is 1. The van der Waals surface area contributed by atoms with Gasteiger partial charge in [0, 0.05) is 13.1 Å². The number of hydrogen-bond acceptors (Lipinski definition) is 2. The van der Waals surface area contributed by atoms with Gasteiger partial charge >= 0.3 is 0 Å². The molecule has 0 bridgehead atoms. The summed E-state index contributed by atoms with van der Waals surface area (Å²) in [6.45, 7) is 4.58. The van der Waals surface area contributed by atoms with Crippen LogP contribution in [-0.4, -0.2) is 31.2 Å². The minimum Gasteiger partial charge on any atom is -0.300 e. The highest BCUT2D eigenvalue weighted by Gasteiger charge is 2.16. The predicted octanol–water partition coefficient (Wildman–Crippen LogP) is 0.257. The third kappa shape index (κ3) is 1.01. The van der Waals surface area contributed by atoms with Crippen molar-refractivity contribution in [1.82, 2.24) is 10.2 Å². The van der Waals surface area contributed by atoms with E-state index in [1.54, 1.807) is 0 Å². The first-order valence-electron chi connectivity index (χ1n) is 3.28. The molecule has 0 unspecified atom stereocenters. The van der Waals surface area contributed by atoms with E-state index >= 15 is 0 Å². The normalized spacial score (nSPS) is 31.5. The maximum absolute atomic E-state index is 3.38. The van der Waals surface area contributed by atoms with E-state index in [0.717, 1.165) is 6.54 Å². The zero-order chi connectivity index (χ0) is 5.98. The van der Waals surface area contributed by atoms with Crippen LogP contribution in [0.3, 0.4) is 0 Å². The summed E-state index contributed by atoms with van der Waals surface area (Å²) in [7, 11) is 2.16. The number of rotatable bonds is 1. The van der Waals surface area contributed by atoms with Gasteiger partial charge in [-0.15, -0.1) is 0 Å². The van der Waals surface area contributed by atoms with Gasteiger partial charge in [0.15, 0.2) is 0 Å². The second-order valence-electron chi connectivity index (χ2n) is 2.36. The molecule has 0 spiro atoms. The molecule has 1 N–H and O–H groups in total. The van der Waals surface area contributed by atoms with Gasteiger partial charge in [-0.05, 0) is 13.5 Å². The van der Waals surface area contributed by atoms with Crippen LogP contribution >= 0.6 is 0 Å². The van der Waals surface area contributed by atoms with Crippen LogP contribution in [0.2, 0.25) is 0 Å². The van der Waals surface area contributed by atoms with Crippen molar-refractivity contribution in [3.63, 3.8) is 0 Å². The topological polar surface area (TPSA) is 15.3 Å². The molecule has 2 nitrogen and oxygen atoms in total. The van der Waals surface area contributed by atoms with Gasteiger partial charge in [0.1, 0.15) is 0 Å². The van der Waals surface area contributed by atoms with Crippen molar-refractivity contribution in [2.45, 2.75) is 19.5 Å². The third-order valence-electron chi connectivity index (χ3n) is 1.76. The van der Waals surface area contributed by atoms with Crippen LogP contribution in [0.1, 0.15) is 13.3 Å². The van der Waals surface area contributed by atoms with Gasteiger partial charge in [-0.2, -0.15) is 0 Å². The second kappa shape index (κ2) is 2.46. The maximum Gasteiger partial charge on any atom is 0.0592 e. The van der Waals surface area contributed by atoms with Crippen molar-refractivity contribution in [3.05, 3.63) is 0 Å². The largest absolute Gasteiger partial charge is 0.300 e. The maximum atomic E-state index is 3.38. The lowest BCUT2D eigenvalue weighted by molar-refractivity contribution is 0.287. The Balaban J connectivity index is 2.30. The summed E-state index contributed by atoms with van der Waals surface area (Å²) in [5.41, 5.74) is 0. The summed E-state index contributed by atoms with van der Waals surface area (Å²) in [5, 5.41) is 3.38. The quantitative estimate of drug-likeness (QED) is 0.526. The molecule has 48 valence electrons. The molecule has 1 atom stereocenters. The molecule has 0 saturated carbocycles. The summed E-state index contributed by atoms with van der Waals surface area (Å²) < 4.78 is 0. The zero-order valence-electron chi connectivity index (χ0n) is 5.65. The van der Waals surface area contributed by atoms with Gasteiger partial charge in [-0.25, -0.2) is 0 Å². The highest BCUT2D eigenvalue weighted by molar-refractivity contribution is 4.72. The molecule has 1 saturated heterocycles. The summed E-state index contributed by atoms with van der Waals surface area (Å²) in [6.07, 6.45) is 1.87. The summed E-state index contributed by atoms with van der Waals surface area (Å²) in [4.78, 5) is 2.35. The molecule has 2 heteroatoms. The molecular formula is C6H14N2. The third-order valence-corrected chi connectivity index (χ3v) is 1.76. The molecule has 1 heterocycles. The standard InChI is InChI=1S/C6H14N2/c1-3-6-7-4-5-8(6)2/h6-7H,3-5H2,1-2H3/t6-/m1/s1. The first-order chi connectivity index (χ1) is 3.84. The second-order valence-corrected chi connectivity index (χ2v) is 2.36. The fraction of sp³-hybridized carbons (Fsp3) is 1.00. The Bertz CT molecular complexity index is 72.9. The lowest BCUT2D eigenvalue weighted by atomic mass is 10.4. The molecule has 0 aromatic rings. The molecule has 8 heavy (non-hydrogen) atoms. The average Bonchev–Trinajstić information content (AvgIpc) is 2.14. The van der Waals surface area contributed by atoms with Crippen molar-refractivity contribution >= 4 is 0 Å². The fourth-order valence-electron chi connectivity index (χ4n) is 1.18. The molecule has 1 fully saturated rings. The fourth-order valence-corrected chi connectivity index (χ4v) is 1.18. The Labute approximate surface area is 50.9 Å². The van der Waals surface area contributed by atoms with E-state index in [0.29, 0.717) is 6.17 Å². The molecule has 1 rings (SSSR count). The first-order valence-corrected chi connectivity index (χ1v) is 3.28. The molecule has 0 aromatic carbocycles. The van der Waals surface area contributed by atoms with Crippen LogP contribution in [0, 0.1) is 0 Å². The van der Waals surface area contributed by atoms with Crippen molar-refractivity contribution in [2.24, 2.45) is 0 Å². The Kier molecular flexibility index (Phi) is 1.86. The lowest BCUT2D eigenvalue weighted by Gasteiger charge is -2.15. The van der Waals surface area contributed by atoms with Crippen LogP contribution in [0.5, 0.6) is 0 Å². The average molecular weight is 114 g/mol. The Morgan fingerprint density at radius 1 is 1.75 bits per heavy atom. The number of nitrogens with zero attached hydrogens (tertiary/aromatic N) is 1. The van der Waals surface area contributed by atoms with Gasteiger partial charge in [-0.1, -0.05) is 6.92 Å². The van der Waals surface area contributed by atoms with Crippen LogP contribution in [0.15, 0.2) is 0 Å². The van der Waals surface area contributed by atoms with Crippen LogP contribution < -0.4 is 5.32 Å². The highest BCUT2D eigenvalue weighted by atomic mass is 15.3. The Hall–Kier alpha value is -0.0800. The van der Waals surface area contributed by atoms with E-state index in [1.807, 2.05) is 0 Å². The summed E-state index contributed by atoms with van der Waals surface area (Å²) in [5.74, 6) is 0. The molecule has 0 radical (unpaired) electrons. The number of nitrogens with one attached hydrogen (secondary N) is 1. The smallest absolute Gasteiger partial charge is 0.0592 e. The van der Waals surface area contributed by atoms with Crippen molar-refractivity contribution in [3.8, 4) is 0 Å². The molecule has 0 aromatic heterocycles. The van der Waals surface area contributed by atoms with Crippen LogP contribution in [-0.2, 0) is 0 Å². The molecule has 0 aliphatic carbocycles. The Morgan fingerprint density at radius 3 is 2.75 bits per heavy atom. The first kappa shape index (κ1) is 6.05. The van der Waals surface area contributed by atoms with E-state index in [9.17, 15) is 0 Å². The van der Waals surface area contributed by atoms with E-state index < -0.39 is 0 Å². The van der Waals surface area contributed by atoms with E-state index in [-0.39, 0.29) is 0 Å². The lowest BCUT2D eigenvalue weighted by Crippen LogP contribution is -2.31. The SMILES string of the molecule is CC[C@@H]1NCCN1C. The van der Waals surface area contributed by atoms with Gasteiger partial charge in [0.2, 0.25) is 0 Å². The van der Waals surface area contributed by atoms with E-state index in [2.05, 4.69) is 24.2 Å². The molecule has 0 amide bonds. The minimum absolute atomic E-state index is 0.648. The molecular weight excluding hydrogens is 100 g/mol. The molecule has 1 aliphatic heterocycles. The van der Waals surface area contributed by atoms with E-state index in [4.69, 9.17) is 0 Å². The summed E-state index contributed by atoms with van der Waals surface area (Å²) in [6, 6.07) is 0. The highest BCUT2D eigenvalue weighted by Crippen LogP contribution is 2.01. The van der Waals surface area contributed by atoms with Crippen LogP contribution in [0.25, 0.3) is 0 Å². The van der Waals surface area contributed by atoms with Gasteiger partial charge in [-0.3, -0.25) is 4.90 Å². The van der Waals surface area contributed by atoms with Crippen molar-refractivity contribution < 1.29 is 0 Å². The van der Waals surface area contributed by atoms with Gasteiger partial charge < -0.3 is 5.32 Å². The Morgan fingerprint density at radius 2 is 2.50 bits per heavy atom. The number of likely N-dealkylation sites (N-methyl/N-ethyl adjacent to an activating group) is 1. The van der Waals surface area contributed by atoms with E-state index in [1.165, 1.54) is 13.0 Å². The van der Waals surface area contributed by atoms with Crippen LogP contribution in [0.4, 0.5) is 0 Å².